The number of benzene rings is 1. The number of carbonyl (C=O) groups excluding carboxylic acids is 1. The van der Waals surface area contributed by atoms with E-state index in [9.17, 15) is 9.59 Å². The fourth-order valence-electron chi connectivity index (χ4n) is 2.30. The maximum absolute atomic E-state index is 12.3. The van der Waals surface area contributed by atoms with E-state index in [1.54, 1.807) is 4.90 Å². The first-order chi connectivity index (χ1) is 9.47. The molecule has 1 aliphatic carbocycles. The summed E-state index contributed by atoms with van der Waals surface area (Å²) in [5, 5.41) is 8.77. The van der Waals surface area contributed by atoms with Crippen LogP contribution in [0.25, 0.3) is 0 Å². The number of hydrogen-bond acceptors (Lipinski definition) is 2. The third-order valence-electron chi connectivity index (χ3n) is 3.80. The molecule has 0 atom stereocenters. The van der Waals surface area contributed by atoms with E-state index in [1.165, 1.54) is 11.1 Å². The summed E-state index contributed by atoms with van der Waals surface area (Å²) < 4.78 is 0. The van der Waals surface area contributed by atoms with Crippen molar-refractivity contribution in [2.75, 3.05) is 6.54 Å². The minimum atomic E-state index is -0.852. The lowest BCUT2D eigenvalue weighted by Crippen LogP contribution is -2.36. The van der Waals surface area contributed by atoms with Crippen molar-refractivity contribution in [2.24, 2.45) is 0 Å². The van der Waals surface area contributed by atoms with Crippen LogP contribution in [-0.4, -0.2) is 34.5 Å². The largest absolute Gasteiger partial charge is 0.481 e. The van der Waals surface area contributed by atoms with Gasteiger partial charge in [0.2, 0.25) is 5.91 Å². The van der Waals surface area contributed by atoms with Crippen LogP contribution in [0.15, 0.2) is 18.2 Å². The molecule has 1 fully saturated rings. The molecule has 1 N–H and O–H groups in total. The van der Waals surface area contributed by atoms with Crippen LogP contribution in [0.5, 0.6) is 0 Å². The Kier molecular flexibility index (Phi) is 4.42. The van der Waals surface area contributed by atoms with Crippen molar-refractivity contribution in [3.8, 4) is 0 Å². The van der Waals surface area contributed by atoms with Crippen LogP contribution in [0.4, 0.5) is 0 Å². The van der Waals surface area contributed by atoms with Crippen molar-refractivity contribution in [3.05, 3.63) is 34.9 Å². The average molecular weight is 275 g/mol. The Labute approximate surface area is 119 Å². The second-order valence-electron chi connectivity index (χ2n) is 5.56. The van der Waals surface area contributed by atoms with Gasteiger partial charge in [-0.25, -0.2) is 0 Å². The van der Waals surface area contributed by atoms with E-state index in [0.717, 1.165) is 18.4 Å². The Morgan fingerprint density at radius 3 is 2.50 bits per heavy atom. The summed E-state index contributed by atoms with van der Waals surface area (Å²) in [5.41, 5.74) is 3.39. The molecule has 1 aromatic rings. The highest BCUT2D eigenvalue weighted by atomic mass is 16.4. The number of nitrogens with zero attached hydrogens (tertiary/aromatic N) is 1. The zero-order valence-electron chi connectivity index (χ0n) is 12.1. The molecule has 20 heavy (non-hydrogen) atoms. The van der Waals surface area contributed by atoms with E-state index >= 15 is 0 Å². The highest BCUT2D eigenvalue weighted by Crippen LogP contribution is 2.27. The quantitative estimate of drug-likeness (QED) is 0.866. The van der Waals surface area contributed by atoms with Crippen LogP contribution in [-0.2, 0) is 16.0 Å². The minimum Gasteiger partial charge on any atom is -0.481 e. The van der Waals surface area contributed by atoms with Crippen LogP contribution in [0, 0.1) is 13.8 Å². The van der Waals surface area contributed by atoms with E-state index in [-0.39, 0.29) is 18.4 Å². The van der Waals surface area contributed by atoms with Gasteiger partial charge in [0, 0.05) is 12.6 Å². The Bertz CT molecular complexity index is 520. The van der Waals surface area contributed by atoms with Gasteiger partial charge in [0.25, 0.3) is 0 Å². The topological polar surface area (TPSA) is 57.6 Å². The summed E-state index contributed by atoms with van der Waals surface area (Å²) in [6, 6.07) is 6.29. The van der Waals surface area contributed by atoms with E-state index < -0.39 is 5.97 Å². The average Bonchev–Trinajstić information content (AvgIpc) is 3.18. The number of hydrogen-bond donors (Lipinski definition) is 1. The van der Waals surface area contributed by atoms with Crippen LogP contribution in [0.3, 0.4) is 0 Å². The van der Waals surface area contributed by atoms with Crippen molar-refractivity contribution in [1.29, 1.82) is 0 Å². The van der Waals surface area contributed by atoms with Crippen molar-refractivity contribution < 1.29 is 14.7 Å². The fraction of sp³-hybridized carbons (Fsp3) is 0.500. The lowest BCUT2D eigenvalue weighted by atomic mass is 10.0. The molecule has 0 saturated heterocycles. The van der Waals surface area contributed by atoms with Gasteiger partial charge in [-0.05, 0) is 43.4 Å². The van der Waals surface area contributed by atoms with Crippen LogP contribution < -0.4 is 0 Å². The van der Waals surface area contributed by atoms with E-state index in [0.29, 0.717) is 13.0 Å². The number of carboxylic acids is 1. The molecule has 108 valence electrons. The molecular formula is C16H21NO3. The van der Waals surface area contributed by atoms with Gasteiger partial charge < -0.3 is 10.0 Å². The number of amides is 1. The summed E-state index contributed by atoms with van der Waals surface area (Å²) in [6.07, 6.45) is 2.38. The van der Waals surface area contributed by atoms with Crippen molar-refractivity contribution in [3.63, 3.8) is 0 Å². The minimum absolute atomic E-state index is 0.0230. The molecule has 0 heterocycles. The number of aliphatic carboxylic acids is 1. The second kappa shape index (κ2) is 6.07. The van der Waals surface area contributed by atoms with Crippen LogP contribution >= 0.6 is 0 Å². The summed E-state index contributed by atoms with van der Waals surface area (Å²) >= 11 is 0. The molecule has 0 radical (unpaired) electrons. The Morgan fingerprint density at radius 2 is 1.95 bits per heavy atom. The summed E-state index contributed by atoms with van der Waals surface area (Å²) in [7, 11) is 0. The predicted octanol–water partition coefficient (Wildman–Crippen LogP) is 2.31. The van der Waals surface area contributed by atoms with E-state index in [4.69, 9.17) is 5.11 Å². The number of carboxylic acid groups (broad SMARTS) is 1. The highest BCUT2D eigenvalue weighted by Gasteiger charge is 2.32. The van der Waals surface area contributed by atoms with Crippen LogP contribution in [0.2, 0.25) is 0 Å². The molecule has 1 amide bonds. The predicted molar refractivity (Wildman–Crippen MR) is 76.6 cm³/mol. The van der Waals surface area contributed by atoms with Gasteiger partial charge >= 0.3 is 5.97 Å². The zero-order chi connectivity index (χ0) is 14.7. The van der Waals surface area contributed by atoms with Crippen LogP contribution in [0.1, 0.15) is 36.0 Å². The molecule has 4 nitrogen and oxygen atoms in total. The number of aryl methyl sites for hydroxylation is 2. The zero-order valence-corrected chi connectivity index (χ0v) is 12.1. The second-order valence-corrected chi connectivity index (χ2v) is 5.56. The lowest BCUT2D eigenvalue weighted by molar-refractivity contribution is -0.138. The molecule has 0 unspecified atom stereocenters. The third-order valence-corrected chi connectivity index (χ3v) is 3.80. The van der Waals surface area contributed by atoms with Crippen molar-refractivity contribution in [2.45, 2.75) is 45.6 Å². The van der Waals surface area contributed by atoms with Gasteiger partial charge in [0.05, 0.1) is 12.8 Å². The first-order valence-electron chi connectivity index (χ1n) is 7.05. The first kappa shape index (κ1) is 14.6. The van der Waals surface area contributed by atoms with E-state index in [2.05, 4.69) is 0 Å². The first-order valence-corrected chi connectivity index (χ1v) is 7.05. The van der Waals surface area contributed by atoms with Gasteiger partial charge in [-0.2, -0.15) is 0 Å². The lowest BCUT2D eigenvalue weighted by Gasteiger charge is -2.21. The molecule has 0 aromatic heterocycles. The van der Waals surface area contributed by atoms with Gasteiger partial charge in [-0.15, -0.1) is 0 Å². The molecule has 1 aromatic carbocycles. The molecule has 1 saturated carbocycles. The molecular weight excluding hydrogens is 254 g/mol. The van der Waals surface area contributed by atoms with Gasteiger partial charge in [-0.1, -0.05) is 18.2 Å². The summed E-state index contributed by atoms with van der Waals surface area (Å²) in [4.78, 5) is 24.7. The van der Waals surface area contributed by atoms with Crippen molar-refractivity contribution >= 4 is 11.9 Å². The SMILES string of the molecule is Cc1ccc(CC(=O)N(CCC(=O)O)C2CC2)cc1C. The summed E-state index contributed by atoms with van der Waals surface area (Å²) in [6.45, 7) is 4.40. The molecule has 0 aliphatic heterocycles. The van der Waals surface area contributed by atoms with Gasteiger partial charge in [0.1, 0.15) is 0 Å². The third kappa shape index (κ3) is 3.83. The number of rotatable bonds is 6. The summed E-state index contributed by atoms with van der Waals surface area (Å²) in [5.74, 6) is -0.813. The standard InChI is InChI=1S/C16H21NO3/c1-11-3-4-13(9-12(11)2)10-15(18)17(14-5-6-14)8-7-16(19)20/h3-4,9,14H,5-8,10H2,1-2H3,(H,19,20). The molecule has 4 heteroatoms. The van der Waals surface area contributed by atoms with Gasteiger partial charge in [-0.3, -0.25) is 9.59 Å². The number of carbonyl (C=O) groups is 2. The highest BCUT2D eigenvalue weighted by molar-refractivity contribution is 5.80. The molecule has 2 rings (SSSR count). The van der Waals surface area contributed by atoms with E-state index in [1.807, 2.05) is 32.0 Å². The Hall–Kier alpha value is -1.84. The maximum Gasteiger partial charge on any atom is 0.305 e. The normalized spacial score (nSPS) is 14.1. The van der Waals surface area contributed by atoms with Gasteiger partial charge in [0.15, 0.2) is 0 Å². The Balaban J connectivity index is 2.00. The van der Waals surface area contributed by atoms with Crippen molar-refractivity contribution in [1.82, 2.24) is 4.90 Å². The fourth-order valence-corrected chi connectivity index (χ4v) is 2.30. The Morgan fingerprint density at radius 1 is 1.25 bits per heavy atom. The molecule has 0 bridgehead atoms. The molecule has 1 aliphatic rings. The molecule has 0 spiro atoms. The monoisotopic (exact) mass is 275 g/mol. The maximum atomic E-state index is 12.3. The smallest absolute Gasteiger partial charge is 0.305 e.